The first-order valence-electron chi connectivity index (χ1n) is 6.13. The SMILES string of the molecule is CCCOc1cccc(-c2sc(NC)nc2C)c1. The summed E-state index contributed by atoms with van der Waals surface area (Å²) in [5.74, 6) is 0.924. The number of anilines is 1. The second-order valence-corrected chi connectivity index (χ2v) is 5.06. The zero-order valence-corrected chi connectivity index (χ0v) is 11.8. The van der Waals surface area contributed by atoms with E-state index in [-0.39, 0.29) is 0 Å². The molecule has 18 heavy (non-hydrogen) atoms. The van der Waals surface area contributed by atoms with Crippen LogP contribution in [0.4, 0.5) is 5.13 Å². The van der Waals surface area contributed by atoms with Crippen LogP contribution in [0.2, 0.25) is 0 Å². The average molecular weight is 262 g/mol. The maximum atomic E-state index is 5.66. The van der Waals surface area contributed by atoms with Crippen molar-refractivity contribution in [1.29, 1.82) is 0 Å². The first-order valence-corrected chi connectivity index (χ1v) is 6.94. The van der Waals surface area contributed by atoms with Crippen molar-refractivity contribution < 1.29 is 4.74 Å². The number of hydrogen-bond donors (Lipinski definition) is 1. The van der Waals surface area contributed by atoms with Gasteiger partial charge in [0, 0.05) is 7.05 Å². The molecule has 0 aliphatic heterocycles. The van der Waals surface area contributed by atoms with Crippen molar-refractivity contribution in [1.82, 2.24) is 4.98 Å². The van der Waals surface area contributed by atoms with Gasteiger partial charge in [-0.15, -0.1) is 0 Å². The normalized spacial score (nSPS) is 10.4. The zero-order valence-electron chi connectivity index (χ0n) is 11.0. The third kappa shape index (κ3) is 2.82. The Labute approximate surface area is 112 Å². The van der Waals surface area contributed by atoms with E-state index in [0.717, 1.165) is 29.6 Å². The molecule has 0 atom stereocenters. The molecule has 2 aromatic rings. The van der Waals surface area contributed by atoms with E-state index in [2.05, 4.69) is 29.4 Å². The van der Waals surface area contributed by atoms with Crippen molar-refractivity contribution in [3.05, 3.63) is 30.0 Å². The minimum Gasteiger partial charge on any atom is -0.494 e. The largest absolute Gasteiger partial charge is 0.494 e. The highest BCUT2D eigenvalue weighted by Crippen LogP contribution is 2.34. The molecule has 0 unspecified atom stereocenters. The fraction of sp³-hybridized carbons (Fsp3) is 0.357. The second-order valence-electron chi connectivity index (χ2n) is 4.06. The van der Waals surface area contributed by atoms with Crippen molar-refractivity contribution in [2.75, 3.05) is 19.0 Å². The predicted molar refractivity (Wildman–Crippen MR) is 77.6 cm³/mol. The molecule has 0 spiro atoms. The molecule has 0 aliphatic rings. The number of nitrogens with zero attached hydrogens (tertiary/aromatic N) is 1. The summed E-state index contributed by atoms with van der Waals surface area (Å²) in [5.41, 5.74) is 2.22. The number of aryl methyl sites for hydroxylation is 1. The Morgan fingerprint density at radius 1 is 1.39 bits per heavy atom. The van der Waals surface area contributed by atoms with Gasteiger partial charge in [-0.05, 0) is 31.0 Å². The lowest BCUT2D eigenvalue weighted by atomic mass is 10.1. The van der Waals surface area contributed by atoms with Crippen LogP contribution in [-0.4, -0.2) is 18.6 Å². The van der Waals surface area contributed by atoms with Crippen LogP contribution in [0.3, 0.4) is 0 Å². The highest BCUT2D eigenvalue weighted by atomic mass is 32.1. The third-order valence-corrected chi connectivity index (χ3v) is 3.80. The monoisotopic (exact) mass is 262 g/mol. The number of ether oxygens (including phenoxy) is 1. The van der Waals surface area contributed by atoms with Gasteiger partial charge in [0.1, 0.15) is 5.75 Å². The molecule has 96 valence electrons. The molecular formula is C14H18N2OS. The second kappa shape index (κ2) is 5.87. The van der Waals surface area contributed by atoms with Crippen LogP contribution in [0.25, 0.3) is 10.4 Å². The van der Waals surface area contributed by atoms with Crippen molar-refractivity contribution in [3.63, 3.8) is 0 Å². The number of thiazole rings is 1. The van der Waals surface area contributed by atoms with Gasteiger partial charge in [-0.3, -0.25) is 0 Å². The maximum Gasteiger partial charge on any atom is 0.183 e. The smallest absolute Gasteiger partial charge is 0.183 e. The van der Waals surface area contributed by atoms with Crippen LogP contribution >= 0.6 is 11.3 Å². The van der Waals surface area contributed by atoms with Crippen LogP contribution in [0.15, 0.2) is 24.3 Å². The summed E-state index contributed by atoms with van der Waals surface area (Å²) < 4.78 is 5.66. The number of nitrogens with one attached hydrogen (secondary N) is 1. The number of hydrogen-bond acceptors (Lipinski definition) is 4. The number of aromatic nitrogens is 1. The molecular weight excluding hydrogens is 244 g/mol. The van der Waals surface area contributed by atoms with E-state index in [0.29, 0.717) is 0 Å². The van der Waals surface area contributed by atoms with Gasteiger partial charge in [-0.1, -0.05) is 30.4 Å². The van der Waals surface area contributed by atoms with Crippen LogP contribution in [0, 0.1) is 6.92 Å². The molecule has 1 N–H and O–H groups in total. The summed E-state index contributed by atoms with van der Waals surface area (Å²) in [4.78, 5) is 5.66. The van der Waals surface area contributed by atoms with E-state index >= 15 is 0 Å². The van der Waals surface area contributed by atoms with E-state index in [9.17, 15) is 0 Å². The molecule has 0 amide bonds. The predicted octanol–water partition coefficient (Wildman–Crippen LogP) is 3.95. The van der Waals surface area contributed by atoms with Gasteiger partial charge in [0.15, 0.2) is 5.13 Å². The van der Waals surface area contributed by atoms with E-state index in [1.807, 2.05) is 26.1 Å². The van der Waals surface area contributed by atoms with Crippen molar-refractivity contribution in [3.8, 4) is 16.2 Å². The van der Waals surface area contributed by atoms with Gasteiger partial charge in [0.25, 0.3) is 0 Å². The fourth-order valence-corrected chi connectivity index (χ4v) is 2.63. The van der Waals surface area contributed by atoms with Crippen LogP contribution < -0.4 is 10.1 Å². The zero-order chi connectivity index (χ0) is 13.0. The van der Waals surface area contributed by atoms with Gasteiger partial charge >= 0.3 is 0 Å². The highest BCUT2D eigenvalue weighted by Gasteiger charge is 2.09. The molecule has 1 aromatic heterocycles. The lowest BCUT2D eigenvalue weighted by Gasteiger charge is -2.06. The van der Waals surface area contributed by atoms with Gasteiger partial charge in [0.2, 0.25) is 0 Å². The minimum atomic E-state index is 0.757. The Hall–Kier alpha value is -1.55. The Bertz CT molecular complexity index is 522. The summed E-state index contributed by atoms with van der Waals surface area (Å²) in [5, 5.41) is 4.03. The summed E-state index contributed by atoms with van der Waals surface area (Å²) in [6.45, 7) is 4.90. The Kier molecular flexibility index (Phi) is 4.20. The molecule has 4 heteroatoms. The van der Waals surface area contributed by atoms with Crippen LogP contribution in [-0.2, 0) is 0 Å². The quantitative estimate of drug-likeness (QED) is 0.886. The summed E-state index contributed by atoms with van der Waals surface area (Å²) in [7, 11) is 1.89. The lowest BCUT2D eigenvalue weighted by molar-refractivity contribution is 0.317. The van der Waals surface area contributed by atoms with Crippen LogP contribution in [0.1, 0.15) is 19.0 Å². The lowest BCUT2D eigenvalue weighted by Crippen LogP contribution is -1.94. The first-order chi connectivity index (χ1) is 8.74. The van der Waals surface area contributed by atoms with Gasteiger partial charge < -0.3 is 10.1 Å². The standard InChI is InChI=1S/C14H18N2OS/c1-4-8-17-12-7-5-6-11(9-12)13-10(2)16-14(15-3)18-13/h5-7,9H,4,8H2,1-3H3,(H,15,16). The topological polar surface area (TPSA) is 34.1 Å². The Morgan fingerprint density at radius 2 is 2.22 bits per heavy atom. The molecule has 0 fully saturated rings. The molecule has 1 heterocycles. The van der Waals surface area contributed by atoms with Gasteiger partial charge in [0.05, 0.1) is 17.2 Å². The van der Waals surface area contributed by atoms with E-state index in [1.54, 1.807) is 11.3 Å². The van der Waals surface area contributed by atoms with Crippen molar-refractivity contribution in [2.24, 2.45) is 0 Å². The molecule has 1 aromatic carbocycles. The first kappa shape index (κ1) is 12.9. The Balaban J connectivity index is 2.29. The van der Waals surface area contributed by atoms with E-state index in [4.69, 9.17) is 4.74 Å². The number of benzene rings is 1. The van der Waals surface area contributed by atoms with Gasteiger partial charge in [-0.25, -0.2) is 4.98 Å². The molecule has 2 rings (SSSR count). The Morgan fingerprint density at radius 3 is 2.89 bits per heavy atom. The van der Waals surface area contributed by atoms with E-state index in [1.165, 1.54) is 10.4 Å². The molecule has 0 bridgehead atoms. The average Bonchev–Trinajstić information content (AvgIpc) is 2.78. The molecule has 0 aliphatic carbocycles. The minimum absolute atomic E-state index is 0.757. The summed E-state index contributed by atoms with van der Waals surface area (Å²) in [6.07, 6.45) is 1.02. The summed E-state index contributed by atoms with van der Waals surface area (Å²) in [6, 6.07) is 8.20. The van der Waals surface area contributed by atoms with Gasteiger partial charge in [-0.2, -0.15) is 0 Å². The van der Waals surface area contributed by atoms with E-state index < -0.39 is 0 Å². The highest BCUT2D eigenvalue weighted by molar-refractivity contribution is 7.19. The molecule has 0 saturated heterocycles. The van der Waals surface area contributed by atoms with Crippen molar-refractivity contribution in [2.45, 2.75) is 20.3 Å². The third-order valence-electron chi connectivity index (χ3n) is 2.58. The molecule has 3 nitrogen and oxygen atoms in total. The van der Waals surface area contributed by atoms with Crippen molar-refractivity contribution >= 4 is 16.5 Å². The number of rotatable bonds is 5. The maximum absolute atomic E-state index is 5.66. The fourth-order valence-electron chi connectivity index (χ4n) is 1.72. The molecule has 0 saturated carbocycles. The molecule has 0 radical (unpaired) electrons. The van der Waals surface area contributed by atoms with Crippen LogP contribution in [0.5, 0.6) is 5.75 Å². The summed E-state index contributed by atoms with van der Waals surface area (Å²) >= 11 is 1.67.